The molecule has 0 unspecified atom stereocenters. The summed E-state index contributed by atoms with van der Waals surface area (Å²) in [5.41, 5.74) is 1.04. The van der Waals surface area contributed by atoms with Gasteiger partial charge in [0.05, 0.1) is 13.7 Å². The SMILES string of the molecule is COc1ccc(C2=NCC=N2)cc1. The third-order valence-electron chi connectivity index (χ3n) is 1.88. The van der Waals surface area contributed by atoms with Gasteiger partial charge < -0.3 is 4.74 Å². The monoisotopic (exact) mass is 174 g/mol. The van der Waals surface area contributed by atoms with Crippen LogP contribution in [0.2, 0.25) is 0 Å². The standard InChI is InChI=1S/C10H10N2O/c1-13-9-4-2-8(3-5-9)10-11-6-7-12-10/h2-6H,7H2,1H3. The highest BCUT2D eigenvalue weighted by Crippen LogP contribution is 2.13. The van der Waals surface area contributed by atoms with Gasteiger partial charge in [0, 0.05) is 11.8 Å². The van der Waals surface area contributed by atoms with Crippen molar-refractivity contribution >= 4 is 12.1 Å². The third kappa shape index (κ3) is 1.59. The Hall–Kier alpha value is -1.64. The minimum absolute atomic E-state index is 0.696. The molecule has 3 nitrogen and oxygen atoms in total. The molecule has 1 heterocycles. The first kappa shape index (κ1) is 7.98. The molecule has 0 aliphatic carbocycles. The van der Waals surface area contributed by atoms with Crippen molar-refractivity contribution in [1.82, 2.24) is 0 Å². The molecule has 0 N–H and O–H groups in total. The highest BCUT2D eigenvalue weighted by molar-refractivity contribution is 6.06. The fraction of sp³-hybridized carbons (Fsp3) is 0.200. The number of nitrogens with zero attached hydrogens (tertiary/aromatic N) is 2. The number of methoxy groups -OCH3 is 1. The lowest BCUT2D eigenvalue weighted by atomic mass is 10.2. The Bertz CT molecular complexity index is 352. The van der Waals surface area contributed by atoms with Crippen LogP contribution in [0, 0.1) is 0 Å². The molecule has 1 aromatic carbocycles. The zero-order valence-corrected chi connectivity index (χ0v) is 7.40. The van der Waals surface area contributed by atoms with E-state index in [-0.39, 0.29) is 0 Å². The molecule has 3 heteroatoms. The highest BCUT2D eigenvalue weighted by atomic mass is 16.5. The predicted molar refractivity (Wildman–Crippen MR) is 52.9 cm³/mol. The van der Waals surface area contributed by atoms with E-state index in [1.54, 1.807) is 13.3 Å². The molecule has 0 saturated carbocycles. The molecule has 0 saturated heterocycles. The van der Waals surface area contributed by atoms with Crippen molar-refractivity contribution in [3.05, 3.63) is 29.8 Å². The van der Waals surface area contributed by atoms with E-state index >= 15 is 0 Å². The van der Waals surface area contributed by atoms with E-state index in [1.807, 2.05) is 24.3 Å². The maximum Gasteiger partial charge on any atom is 0.154 e. The van der Waals surface area contributed by atoms with Gasteiger partial charge in [-0.3, -0.25) is 4.99 Å². The van der Waals surface area contributed by atoms with E-state index in [2.05, 4.69) is 9.98 Å². The summed E-state index contributed by atoms with van der Waals surface area (Å²) in [4.78, 5) is 8.36. The van der Waals surface area contributed by atoms with Gasteiger partial charge in [-0.05, 0) is 24.3 Å². The smallest absolute Gasteiger partial charge is 0.154 e. The molecule has 0 amide bonds. The van der Waals surface area contributed by atoms with Crippen molar-refractivity contribution in [2.45, 2.75) is 0 Å². The fourth-order valence-electron chi connectivity index (χ4n) is 1.20. The molecule has 0 atom stereocenters. The van der Waals surface area contributed by atoms with Gasteiger partial charge >= 0.3 is 0 Å². The number of hydrogen-bond acceptors (Lipinski definition) is 3. The summed E-state index contributed by atoms with van der Waals surface area (Å²) in [6.07, 6.45) is 1.81. The summed E-state index contributed by atoms with van der Waals surface area (Å²) in [6, 6.07) is 7.73. The van der Waals surface area contributed by atoms with Gasteiger partial charge in [-0.1, -0.05) is 0 Å². The lowest BCUT2D eigenvalue weighted by Gasteiger charge is -2.00. The van der Waals surface area contributed by atoms with E-state index in [4.69, 9.17) is 4.74 Å². The quantitative estimate of drug-likeness (QED) is 0.669. The van der Waals surface area contributed by atoms with Crippen LogP contribution in [0.15, 0.2) is 34.3 Å². The molecule has 1 aliphatic heterocycles. The van der Waals surface area contributed by atoms with Crippen LogP contribution < -0.4 is 4.74 Å². The Morgan fingerprint density at radius 3 is 2.54 bits per heavy atom. The molecule has 0 aromatic heterocycles. The van der Waals surface area contributed by atoms with Gasteiger partial charge in [-0.15, -0.1) is 0 Å². The lowest BCUT2D eigenvalue weighted by Crippen LogP contribution is -1.93. The van der Waals surface area contributed by atoms with E-state index in [1.165, 1.54) is 0 Å². The number of amidine groups is 1. The zero-order chi connectivity index (χ0) is 9.10. The Labute approximate surface area is 76.8 Å². The molecule has 1 aromatic rings. The Kier molecular flexibility index (Phi) is 2.08. The largest absolute Gasteiger partial charge is 0.497 e. The van der Waals surface area contributed by atoms with Crippen molar-refractivity contribution in [3.63, 3.8) is 0 Å². The van der Waals surface area contributed by atoms with Crippen LogP contribution >= 0.6 is 0 Å². The minimum atomic E-state index is 0.696. The van der Waals surface area contributed by atoms with Gasteiger partial charge in [0.1, 0.15) is 5.75 Å². The van der Waals surface area contributed by atoms with Crippen LogP contribution in [-0.2, 0) is 0 Å². The summed E-state index contributed by atoms with van der Waals surface area (Å²) in [5, 5.41) is 0. The first-order chi connectivity index (χ1) is 6.40. The summed E-state index contributed by atoms with van der Waals surface area (Å²) >= 11 is 0. The number of ether oxygens (including phenoxy) is 1. The van der Waals surface area contributed by atoms with E-state index in [0.29, 0.717) is 6.54 Å². The van der Waals surface area contributed by atoms with Crippen LogP contribution in [-0.4, -0.2) is 25.7 Å². The highest BCUT2D eigenvalue weighted by Gasteiger charge is 2.03. The molecule has 0 spiro atoms. The van der Waals surface area contributed by atoms with Crippen molar-refractivity contribution in [3.8, 4) is 5.75 Å². The Morgan fingerprint density at radius 2 is 2.00 bits per heavy atom. The van der Waals surface area contributed by atoms with Crippen LogP contribution in [0.5, 0.6) is 5.75 Å². The first-order valence-corrected chi connectivity index (χ1v) is 4.11. The van der Waals surface area contributed by atoms with Gasteiger partial charge in [-0.2, -0.15) is 0 Å². The molecule has 0 fully saturated rings. The van der Waals surface area contributed by atoms with E-state index < -0.39 is 0 Å². The normalized spacial score (nSPS) is 14.4. The average Bonchev–Trinajstić information content (AvgIpc) is 2.71. The van der Waals surface area contributed by atoms with Crippen molar-refractivity contribution in [2.75, 3.05) is 13.7 Å². The number of benzene rings is 1. The van der Waals surface area contributed by atoms with Gasteiger partial charge in [0.2, 0.25) is 0 Å². The number of rotatable bonds is 2. The van der Waals surface area contributed by atoms with Gasteiger partial charge in [0.15, 0.2) is 5.84 Å². The molecular weight excluding hydrogens is 164 g/mol. The number of hydrogen-bond donors (Lipinski definition) is 0. The fourth-order valence-corrected chi connectivity index (χ4v) is 1.20. The summed E-state index contributed by atoms with van der Waals surface area (Å²) < 4.78 is 5.05. The predicted octanol–water partition coefficient (Wildman–Crippen LogP) is 1.53. The zero-order valence-electron chi connectivity index (χ0n) is 7.40. The molecule has 66 valence electrons. The van der Waals surface area contributed by atoms with Crippen molar-refractivity contribution in [1.29, 1.82) is 0 Å². The van der Waals surface area contributed by atoms with Gasteiger partial charge in [0.25, 0.3) is 0 Å². The summed E-state index contributed by atoms with van der Waals surface area (Å²) in [6.45, 7) is 0.696. The van der Waals surface area contributed by atoms with Crippen LogP contribution in [0.4, 0.5) is 0 Å². The average molecular weight is 174 g/mol. The molecule has 2 rings (SSSR count). The second-order valence-corrected chi connectivity index (χ2v) is 2.70. The van der Waals surface area contributed by atoms with E-state index in [0.717, 1.165) is 17.1 Å². The summed E-state index contributed by atoms with van der Waals surface area (Å²) in [5.74, 6) is 1.66. The van der Waals surface area contributed by atoms with Crippen LogP contribution in [0.3, 0.4) is 0 Å². The van der Waals surface area contributed by atoms with Crippen LogP contribution in [0.1, 0.15) is 5.56 Å². The van der Waals surface area contributed by atoms with E-state index in [9.17, 15) is 0 Å². The molecule has 1 aliphatic rings. The second-order valence-electron chi connectivity index (χ2n) is 2.70. The van der Waals surface area contributed by atoms with Crippen molar-refractivity contribution in [2.24, 2.45) is 9.98 Å². The Balaban J connectivity index is 2.27. The first-order valence-electron chi connectivity index (χ1n) is 4.11. The van der Waals surface area contributed by atoms with Crippen molar-refractivity contribution < 1.29 is 4.74 Å². The maximum atomic E-state index is 5.05. The topological polar surface area (TPSA) is 34.0 Å². The molecule has 0 bridgehead atoms. The Morgan fingerprint density at radius 1 is 1.23 bits per heavy atom. The molecule has 0 radical (unpaired) electrons. The third-order valence-corrected chi connectivity index (χ3v) is 1.88. The van der Waals surface area contributed by atoms with Gasteiger partial charge in [-0.25, -0.2) is 4.99 Å². The van der Waals surface area contributed by atoms with Crippen LogP contribution in [0.25, 0.3) is 0 Å². The molecule has 13 heavy (non-hydrogen) atoms. The lowest BCUT2D eigenvalue weighted by molar-refractivity contribution is 0.415. The minimum Gasteiger partial charge on any atom is -0.497 e. The maximum absolute atomic E-state index is 5.05. The summed E-state index contributed by atoms with van der Waals surface area (Å²) in [7, 11) is 1.65. The number of aliphatic imine (C=N–C) groups is 2. The molecular formula is C10H10N2O. The second kappa shape index (κ2) is 3.39.